The second kappa shape index (κ2) is 5.36. The molecule has 1 aliphatic rings. The molecule has 108 valence electrons. The van der Waals surface area contributed by atoms with Crippen LogP contribution in [-0.2, 0) is 0 Å². The zero-order valence-corrected chi connectivity index (χ0v) is 11.3. The van der Waals surface area contributed by atoms with Crippen molar-refractivity contribution in [2.24, 2.45) is 0 Å². The molecule has 0 aromatic heterocycles. The fourth-order valence-electron chi connectivity index (χ4n) is 2.42. The largest absolute Gasteiger partial charge is 0.507 e. The Hall–Kier alpha value is -2.69. The zero-order chi connectivity index (χ0) is 14.8. The summed E-state index contributed by atoms with van der Waals surface area (Å²) in [7, 11) is 0. The number of hydrogen-bond acceptors (Lipinski definition) is 4. The highest BCUT2D eigenvalue weighted by Gasteiger charge is 2.26. The van der Waals surface area contributed by atoms with Gasteiger partial charge in [-0.1, -0.05) is 18.2 Å². The van der Waals surface area contributed by atoms with Crippen molar-refractivity contribution in [2.75, 3.05) is 18.1 Å². The average Bonchev–Trinajstić information content (AvgIpc) is 2.69. The first-order valence-corrected chi connectivity index (χ1v) is 6.73. The highest BCUT2D eigenvalue weighted by Crippen LogP contribution is 2.34. The number of carbonyl (C=O) groups is 1. The molecule has 1 heterocycles. The number of ether oxygens (including phenoxy) is 1. The van der Waals surface area contributed by atoms with Gasteiger partial charge in [-0.15, -0.1) is 0 Å². The molecule has 0 unspecified atom stereocenters. The molecular formula is C16H15NO4. The molecule has 1 aliphatic heterocycles. The maximum atomic E-state index is 12.7. The van der Waals surface area contributed by atoms with Gasteiger partial charge in [-0.3, -0.25) is 4.79 Å². The monoisotopic (exact) mass is 285 g/mol. The lowest BCUT2D eigenvalue weighted by Crippen LogP contribution is -2.31. The lowest BCUT2D eigenvalue weighted by Gasteiger charge is -2.22. The molecule has 0 saturated heterocycles. The van der Waals surface area contributed by atoms with Gasteiger partial charge in [0.05, 0.1) is 12.3 Å². The minimum absolute atomic E-state index is 0.0887. The van der Waals surface area contributed by atoms with Crippen LogP contribution in [0, 0.1) is 0 Å². The SMILES string of the molecule is O=C(c1c(O)cccc1O)N1CCCOc2ccccc21. The van der Waals surface area contributed by atoms with Gasteiger partial charge in [-0.25, -0.2) is 0 Å². The fourth-order valence-corrected chi connectivity index (χ4v) is 2.42. The molecule has 3 rings (SSSR count). The Bertz CT molecular complexity index is 663. The topological polar surface area (TPSA) is 70.0 Å². The second-order valence-electron chi connectivity index (χ2n) is 4.80. The molecule has 1 amide bonds. The van der Waals surface area contributed by atoms with Gasteiger partial charge in [-0.2, -0.15) is 0 Å². The summed E-state index contributed by atoms with van der Waals surface area (Å²) in [6.07, 6.45) is 0.675. The molecule has 5 nitrogen and oxygen atoms in total. The van der Waals surface area contributed by atoms with Crippen LogP contribution in [0.3, 0.4) is 0 Å². The van der Waals surface area contributed by atoms with Crippen LogP contribution in [-0.4, -0.2) is 29.3 Å². The number of anilines is 1. The van der Waals surface area contributed by atoms with Crippen LogP contribution >= 0.6 is 0 Å². The van der Waals surface area contributed by atoms with E-state index in [9.17, 15) is 15.0 Å². The predicted octanol–water partition coefficient (Wildman–Crippen LogP) is 2.53. The molecule has 0 aliphatic carbocycles. The summed E-state index contributed by atoms with van der Waals surface area (Å²) in [4.78, 5) is 14.2. The molecule has 0 atom stereocenters. The lowest BCUT2D eigenvalue weighted by molar-refractivity contribution is 0.0982. The molecule has 0 radical (unpaired) electrons. The number of phenols is 2. The van der Waals surface area contributed by atoms with Gasteiger partial charge in [0.2, 0.25) is 0 Å². The fraction of sp³-hybridized carbons (Fsp3) is 0.188. The number of rotatable bonds is 1. The van der Waals surface area contributed by atoms with Crippen molar-refractivity contribution in [3.05, 3.63) is 48.0 Å². The number of para-hydroxylation sites is 2. The van der Waals surface area contributed by atoms with Gasteiger partial charge in [-0.05, 0) is 30.7 Å². The lowest BCUT2D eigenvalue weighted by atomic mass is 10.1. The molecule has 0 spiro atoms. The number of fused-ring (bicyclic) bond motifs is 1. The third kappa shape index (κ3) is 2.38. The first-order valence-electron chi connectivity index (χ1n) is 6.73. The van der Waals surface area contributed by atoms with Crippen molar-refractivity contribution < 1.29 is 19.7 Å². The summed E-state index contributed by atoms with van der Waals surface area (Å²) in [5.41, 5.74) is 0.553. The van der Waals surface area contributed by atoms with Gasteiger partial charge < -0.3 is 19.8 Å². The van der Waals surface area contributed by atoms with Crippen molar-refractivity contribution in [1.29, 1.82) is 0 Å². The summed E-state index contributed by atoms with van der Waals surface area (Å²) in [5, 5.41) is 19.7. The molecular weight excluding hydrogens is 270 g/mol. The van der Waals surface area contributed by atoms with Gasteiger partial charge in [0.15, 0.2) is 0 Å². The van der Waals surface area contributed by atoms with Crippen molar-refractivity contribution in [3.8, 4) is 17.2 Å². The van der Waals surface area contributed by atoms with E-state index in [1.165, 1.54) is 23.1 Å². The molecule has 2 aromatic carbocycles. The predicted molar refractivity (Wildman–Crippen MR) is 78.0 cm³/mol. The van der Waals surface area contributed by atoms with Crippen molar-refractivity contribution in [2.45, 2.75) is 6.42 Å². The number of hydrogen-bond donors (Lipinski definition) is 2. The smallest absolute Gasteiger partial charge is 0.265 e. The van der Waals surface area contributed by atoms with Crippen LogP contribution in [0.15, 0.2) is 42.5 Å². The van der Waals surface area contributed by atoms with Gasteiger partial charge >= 0.3 is 0 Å². The van der Waals surface area contributed by atoms with E-state index in [1.807, 2.05) is 12.1 Å². The standard InChI is InChI=1S/C16H15NO4/c18-12-6-3-7-13(19)15(12)16(20)17-9-4-10-21-14-8-2-1-5-11(14)17/h1-3,5-8,18-19H,4,9-10H2. The van der Waals surface area contributed by atoms with Crippen LogP contribution in [0.25, 0.3) is 0 Å². The summed E-state index contributed by atoms with van der Waals surface area (Å²) in [6.45, 7) is 0.983. The van der Waals surface area contributed by atoms with E-state index >= 15 is 0 Å². The zero-order valence-electron chi connectivity index (χ0n) is 11.3. The van der Waals surface area contributed by atoms with Gasteiger partial charge in [0.1, 0.15) is 22.8 Å². The van der Waals surface area contributed by atoms with Crippen molar-refractivity contribution in [3.63, 3.8) is 0 Å². The Morgan fingerprint density at radius 2 is 1.76 bits per heavy atom. The van der Waals surface area contributed by atoms with E-state index in [0.29, 0.717) is 31.0 Å². The second-order valence-corrected chi connectivity index (χ2v) is 4.80. The quantitative estimate of drug-likeness (QED) is 0.844. The molecule has 0 bridgehead atoms. The maximum absolute atomic E-state index is 12.7. The van der Waals surface area contributed by atoms with Crippen LogP contribution in [0.5, 0.6) is 17.2 Å². The third-order valence-corrected chi connectivity index (χ3v) is 3.42. The normalized spacial score (nSPS) is 14.0. The summed E-state index contributed by atoms with van der Waals surface area (Å²) in [5.74, 6) is -0.285. The Kier molecular flexibility index (Phi) is 3.39. The Morgan fingerprint density at radius 1 is 1.05 bits per heavy atom. The highest BCUT2D eigenvalue weighted by molar-refractivity contribution is 6.10. The van der Waals surface area contributed by atoms with E-state index in [1.54, 1.807) is 12.1 Å². The summed E-state index contributed by atoms with van der Waals surface area (Å²) < 4.78 is 5.61. The Morgan fingerprint density at radius 3 is 2.52 bits per heavy atom. The van der Waals surface area contributed by atoms with E-state index in [2.05, 4.69) is 0 Å². The minimum Gasteiger partial charge on any atom is -0.507 e. The minimum atomic E-state index is -0.441. The number of amides is 1. The number of phenolic OH excluding ortho intramolecular Hbond substituents is 2. The van der Waals surface area contributed by atoms with E-state index in [0.717, 1.165) is 0 Å². The van der Waals surface area contributed by atoms with Crippen LogP contribution in [0.1, 0.15) is 16.8 Å². The number of nitrogens with zero attached hydrogens (tertiary/aromatic N) is 1. The number of carbonyl (C=O) groups excluding carboxylic acids is 1. The van der Waals surface area contributed by atoms with E-state index in [4.69, 9.17) is 4.74 Å². The molecule has 5 heteroatoms. The molecule has 2 aromatic rings. The van der Waals surface area contributed by atoms with Crippen molar-refractivity contribution >= 4 is 11.6 Å². The summed E-state index contributed by atoms with van der Waals surface area (Å²) >= 11 is 0. The maximum Gasteiger partial charge on any atom is 0.265 e. The number of aromatic hydroxyl groups is 2. The van der Waals surface area contributed by atoms with E-state index < -0.39 is 5.91 Å². The Balaban J connectivity index is 2.06. The average molecular weight is 285 g/mol. The van der Waals surface area contributed by atoms with Crippen molar-refractivity contribution in [1.82, 2.24) is 0 Å². The van der Waals surface area contributed by atoms with Gasteiger partial charge in [0.25, 0.3) is 5.91 Å². The summed E-state index contributed by atoms with van der Waals surface area (Å²) in [6, 6.07) is 11.5. The van der Waals surface area contributed by atoms with Crippen LogP contribution in [0.4, 0.5) is 5.69 Å². The first kappa shape index (κ1) is 13.3. The van der Waals surface area contributed by atoms with Crippen LogP contribution in [0.2, 0.25) is 0 Å². The molecule has 0 saturated carbocycles. The third-order valence-electron chi connectivity index (χ3n) is 3.42. The molecule has 0 fully saturated rings. The van der Waals surface area contributed by atoms with Crippen LogP contribution < -0.4 is 9.64 Å². The first-order chi connectivity index (χ1) is 10.2. The van der Waals surface area contributed by atoms with E-state index in [-0.39, 0.29) is 17.1 Å². The Labute approximate surface area is 122 Å². The highest BCUT2D eigenvalue weighted by atomic mass is 16.5. The number of benzene rings is 2. The molecule has 2 N–H and O–H groups in total. The van der Waals surface area contributed by atoms with Gasteiger partial charge in [0, 0.05) is 6.54 Å². The molecule has 21 heavy (non-hydrogen) atoms.